The molecule has 0 atom stereocenters. The third kappa shape index (κ3) is 4.72. The number of anilines is 1. The molecular formula is C24H24ClN3O3S2. The van der Waals surface area contributed by atoms with E-state index in [2.05, 4.69) is 4.90 Å². The summed E-state index contributed by atoms with van der Waals surface area (Å²) in [5, 5.41) is 2.11. The van der Waals surface area contributed by atoms with Crippen molar-refractivity contribution in [2.24, 2.45) is 0 Å². The maximum absolute atomic E-state index is 13.8. The van der Waals surface area contributed by atoms with Crippen molar-refractivity contribution in [3.8, 4) is 5.75 Å². The number of halogens is 1. The number of carbonyl (C=O) groups excluding carboxylic acids is 1. The Kier molecular flexibility index (Phi) is 6.80. The van der Waals surface area contributed by atoms with Crippen molar-refractivity contribution in [2.75, 3.05) is 51.4 Å². The van der Waals surface area contributed by atoms with Gasteiger partial charge in [-0.3, -0.25) is 14.6 Å². The molecule has 5 rings (SSSR count). The molecule has 2 aromatic carbocycles. The molecule has 1 fully saturated rings. The minimum atomic E-state index is -0.103. The van der Waals surface area contributed by atoms with Crippen LogP contribution in [0.25, 0.3) is 20.3 Å². The van der Waals surface area contributed by atoms with Gasteiger partial charge in [0.05, 0.1) is 35.6 Å². The highest BCUT2D eigenvalue weighted by atomic mass is 35.5. The summed E-state index contributed by atoms with van der Waals surface area (Å²) in [4.78, 5) is 23.3. The smallest absolute Gasteiger partial charge is 0.271 e. The number of morpholine rings is 1. The van der Waals surface area contributed by atoms with Gasteiger partial charge in [-0.2, -0.15) is 0 Å². The predicted molar refractivity (Wildman–Crippen MR) is 137 cm³/mol. The van der Waals surface area contributed by atoms with Gasteiger partial charge in [0.1, 0.15) is 10.6 Å². The average Bonchev–Trinajstić information content (AvgIpc) is 3.42. The van der Waals surface area contributed by atoms with Crippen molar-refractivity contribution < 1.29 is 14.3 Å². The van der Waals surface area contributed by atoms with E-state index in [1.807, 2.05) is 42.5 Å². The third-order valence-corrected chi connectivity index (χ3v) is 8.45. The monoisotopic (exact) mass is 501 g/mol. The van der Waals surface area contributed by atoms with Crippen LogP contribution in [0.3, 0.4) is 0 Å². The van der Waals surface area contributed by atoms with Crippen LogP contribution in [0.1, 0.15) is 16.1 Å². The first-order valence-corrected chi connectivity index (χ1v) is 12.9. The highest BCUT2D eigenvalue weighted by molar-refractivity contribution is 7.23. The van der Waals surface area contributed by atoms with Crippen LogP contribution in [0, 0.1) is 0 Å². The van der Waals surface area contributed by atoms with Crippen molar-refractivity contribution >= 4 is 65.6 Å². The number of nitrogens with zero attached hydrogens (tertiary/aromatic N) is 3. The zero-order valence-corrected chi connectivity index (χ0v) is 20.6. The number of carbonyl (C=O) groups is 1. The number of thiophene rings is 1. The van der Waals surface area contributed by atoms with Gasteiger partial charge in [-0.05, 0) is 30.7 Å². The van der Waals surface area contributed by atoms with Gasteiger partial charge >= 0.3 is 0 Å². The van der Waals surface area contributed by atoms with E-state index >= 15 is 0 Å². The highest BCUT2D eigenvalue weighted by Crippen LogP contribution is 2.38. The van der Waals surface area contributed by atoms with Gasteiger partial charge in [0, 0.05) is 36.3 Å². The Morgan fingerprint density at radius 2 is 2.00 bits per heavy atom. The van der Waals surface area contributed by atoms with E-state index in [1.165, 1.54) is 22.7 Å². The van der Waals surface area contributed by atoms with E-state index in [0.717, 1.165) is 65.3 Å². The van der Waals surface area contributed by atoms with Gasteiger partial charge in [-0.25, -0.2) is 4.98 Å². The summed E-state index contributed by atoms with van der Waals surface area (Å²) in [5.74, 6) is 0.671. The molecule has 0 saturated carbocycles. The fourth-order valence-corrected chi connectivity index (χ4v) is 6.45. The van der Waals surface area contributed by atoms with Crippen molar-refractivity contribution in [2.45, 2.75) is 6.42 Å². The fourth-order valence-electron chi connectivity index (χ4n) is 3.97. The Morgan fingerprint density at radius 3 is 2.79 bits per heavy atom. The predicted octanol–water partition coefficient (Wildman–Crippen LogP) is 5.54. The molecule has 4 aromatic rings. The van der Waals surface area contributed by atoms with Crippen LogP contribution < -0.4 is 9.64 Å². The van der Waals surface area contributed by atoms with Crippen LogP contribution in [0.5, 0.6) is 5.75 Å². The minimum Gasteiger partial charge on any atom is -0.497 e. The zero-order valence-electron chi connectivity index (χ0n) is 18.3. The van der Waals surface area contributed by atoms with Crippen LogP contribution >= 0.6 is 34.3 Å². The second-order valence-corrected chi connectivity index (χ2v) is 10.3. The van der Waals surface area contributed by atoms with E-state index in [0.29, 0.717) is 21.6 Å². The van der Waals surface area contributed by atoms with Crippen LogP contribution in [-0.2, 0) is 4.74 Å². The van der Waals surface area contributed by atoms with Crippen LogP contribution in [0.4, 0.5) is 5.13 Å². The molecule has 1 amide bonds. The molecule has 1 saturated heterocycles. The second kappa shape index (κ2) is 9.95. The zero-order chi connectivity index (χ0) is 22.8. The molecule has 2 aromatic heterocycles. The SMILES string of the molecule is COc1ccc2nc(N(CCCN3CCOCC3)C(=O)c3sc4ccccc4c3Cl)sc2c1. The number of amides is 1. The van der Waals surface area contributed by atoms with E-state index < -0.39 is 0 Å². The molecule has 3 heterocycles. The highest BCUT2D eigenvalue weighted by Gasteiger charge is 2.26. The quantitative estimate of drug-likeness (QED) is 0.332. The molecule has 9 heteroatoms. The van der Waals surface area contributed by atoms with Crippen molar-refractivity contribution in [1.82, 2.24) is 9.88 Å². The van der Waals surface area contributed by atoms with E-state index in [4.69, 9.17) is 26.1 Å². The van der Waals surface area contributed by atoms with Gasteiger partial charge in [0.25, 0.3) is 5.91 Å². The Hall–Kier alpha value is -2.23. The number of hydrogen-bond acceptors (Lipinski definition) is 7. The molecule has 0 unspecified atom stereocenters. The lowest BCUT2D eigenvalue weighted by molar-refractivity contribution is 0.0376. The molecule has 33 heavy (non-hydrogen) atoms. The number of hydrogen-bond donors (Lipinski definition) is 0. The number of benzene rings is 2. The maximum Gasteiger partial charge on any atom is 0.271 e. The summed E-state index contributed by atoms with van der Waals surface area (Å²) in [6, 6.07) is 13.6. The minimum absolute atomic E-state index is 0.103. The first-order valence-electron chi connectivity index (χ1n) is 10.9. The number of aromatic nitrogens is 1. The summed E-state index contributed by atoms with van der Waals surface area (Å²) < 4.78 is 12.8. The van der Waals surface area contributed by atoms with Gasteiger partial charge in [0.2, 0.25) is 0 Å². The van der Waals surface area contributed by atoms with Crippen LogP contribution in [0.15, 0.2) is 42.5 Å². The Balaban J connectivity index is 1.46. The Labute approximate surface area is 205 Å². The van der Waals surface area contributed by atoms with E-state index in [-0.39, 0.29) is 5.91 Å². The van der Waals surface area contributed by atoms with Gasteiger partial charge < -0.3 is 9.47 Å². The summed E-state index contributed by atoms with van der Waals surface area (Å²) in [5.41, 5.74) is 0.851. The number of thiazole rings is 1. The summed E-state index contributed by atoms with van der Waals surface area (Å²) >= 11 is 9.60. The van der Waals surface area contributed by atoms with E-state index in [9.17, 15) is 4.79 Å². The second-order valence-electron chi connectivity index (χ2n) is 7.84. The average molecular weight is 502 g/mol. The van der Waals surface area contributed by atoms with Gasteiger partial charge in [-0.1, -0.05) is 41.1 Å². The molecule has 172 valence electrons. The van der Waals surface area contributed by atoms with Crippen molar-refractivity contribution in [1.29, 1.82) is 0 Å². The lowest BCUT2D eigenvalue weighted by atomic mass is 10.2. The van der Waals surface area contributed by atoms with Crippen LogP contribution in [-0.4, -0.2) is 62.3 Å². The maximum atomic E-state index is 13.8. The van der Waals surface area contributed by atoms with Crippen LogP contribution in [0.2, 0.25) is 5.02 Å². The number of methoxy groups -OCH3 is 1. The molecule has 0 radical (unpaired) electrons. The lowest BCUT2D eigenvalue weighted by Crippen LogP contribution is -2.39. The molecule has 0 N–H and O–H groups in total. The standard InChI is InChI=1S/C24H24ClN3O3S2/c1-30-16-7-8-18-20(15-16)33-24(26-18)28(10-4-9-27-11-13-31-14-12-27)23(29)22-21(25)17-5-2-3-6-19(17)32-22/h2-3,5-8,15H,4,9-14H2,1H3. The first-order chi connectivity index (χ1) is 16.1. The largest absolute Gasteiger partial charge is 0.497 e. The summed E-state index contributed by atoms with van der Waals surface area (Å²) in [7, 11) is 1.65. The Morgan fingerprint density at radius 1 is 1.18 bits per heavy atom. The molecule has 1 aliphatic heterocycles. The molecule has 0 aliphatic carbocycles. The summed E-state index contributed by atoms with van der Waals surface area (Å²) in [6.07, 6.45) is 0.841. The molecule has 0 spiro atoms. The van der Waals surface area contributed by atoms with Crippen molar-refractivity contribution in [3.63, 3.8) is 0 Å². The molecule has 1 aliphatic rings. The topological polar surface area (TPSA) is 54.9 Å². The number of rotatable bonds is 7. The van der Waals surface area contributed by atoms with Gasteiger partial charge in [0.15, 0.2) is 5.13 Å². The molecular weight excluding hydrogens is 478 g/mol. The third-order valence-electron chi connectivity index (χ3n) is 5.75. The van der Waals surface area contributed by atoms with Crippen molar-refractivity contribution in [3.05, 3.63) is 52.4 Å². The first kappa shape index (κ1) is 22.6. The lowest BCUT2D eigenvalue weighted by Gasteiger charge is -2.27. The Bertz CT molecular complexity index is 1280. The summed E-state index contributed by atoms with van der Waals surface area (Å²) in [6.45, 7) is 4.86. The fraction of sp³-hybridized carbons (Fsp3) is 0.333. The van der Waals surface area contributed by atoms with Gasteiger partial charge in [-0.15, -0.1) is 11.3 Å². The molecule has 6 nitrogen and oxygen atoms in total. The number of fused-ring (bicyclic) bond motifs is 2. The normalized spacial score (nSPS) is 14.7. The van der Waals surface area contributed by atoms with E-state index in [1.54, 1.807) is 12.0 Å². The molecule has 0 bridgehead atoms. The number of ether oxygens (including phenoxy) is 2.